The maximum Gasteiger partial charge on any atom is 0.228 e. The minimum Gasteiger partial charge on any atom is -0.348 e. The van der Waals surface area contributed by atoms with E-state index in [1.165, 1.54) is 0 Å². The second kappa shape index (κ2) is 9.68. The molecule has 0 radical (unpaired) electrons. The van der Waals surface area contributed by atoms with Crippen molar-refractivity contribution >= 4 is 11.8 Å². The van der Waals surface area contributed by atoms with Gasteiger partial charge < -0.3 is 9.80 Å². The highest BCUT2D eigenvalue weighted by molar-refractivity contribution is 5.84. The molecule has 0 spiro atoms. The molecular formula is C27H33N3O2. The van der Waals surface area contributed by atoms with Gasteiger partial charge in [0.05, 0.1) is 5.41 Å². The maximum absolute atomic E-state index is 13.4. The molecule has 0 bridgehead atoms. The zero-order valence-electron chi connectivity index (χ0n) is 19.2. The molecule has 1 aliphatic carbocycles. The molecule has 1 saturated heterocycles. The van der Waals surface area contributed by atoms with Crippen LogP contribution in [0.4, 0.5) is 0 Å². The van der Waals surface area contributed by atoms with Gasteiger partial charge in [-0.25, -0.2) is 0 Å². The summed E-state index contributed by atoms with van der Waals surface area (Å²) in [5.74, 6) is 0.761. The third-order valence-corrected chi connectivity index (χ3v) is 7.00. The van der Waals surface area contributed by atoms with Gasteiger partial charge in [0.2, 0.25) is 11.8 Å². The smallest absolute Gasteiger partial charge is 0.228 e. The first-order valence-corrected chi connectivity index (χ1v) is 11.6. The van der Waals surface area contributed by atoms with Crippen molar-refractivity contribution in [2.24, 2.45) is 11.3 Å². The van der Waals surface area contributed by atoms with Crippen LogP contribution >= 0.6 is 0 Å². The van der Waals surface area contributed by atoms with Crippen molar-refractivity contribution in [2.45, 2.75) is 38.5 Å². The molecular weight excluding hydrogens is 398 g/mol. The topological polar surface area (TPSA) is 53.5 Å². The highest BCUT2D eigenvalue weighted by Gasteiger charge is 2.43. The molecule has 1 aromatic heterocycles. The Balaban J connectivity index is 1.54. The Hall–Kier alpha value is -2.95. The average molecular weight is 432 g/mol. The second-order valence-corrected chi connectivity index (χ2v) is 9.41. The lowest BCUT2D eigenvalue weighted by Crippen LogP contribution is -2.51. The first kappa shape index (κ1) is 22.3. The zero-order valence-corrected chi connectivity index (χ0v) is 19.2. The normalized spacial score (nSPS) is 19.7. The highest BCUT2D eigenvalue weighted by atomic mass is 16.2. The van der Waals surface area contributed by atoms with Crippen LogP contribution in [0.5, 0.6) is 0 Å². The van der Waals surface area contributed by atoms with Gasteiger partial charge in [-0.1, -0.05) is 42.5 Å². The lowest BCUT2D eigenvalue weighted by molar-refractivity contribution is -0.146. The Bertz CT molecular complexity index is 975. The quantitative estimate of drug-likeness (QED) is 0.639. The number of carbonyl (C=O) groups excluding carboxylic acids is 2. The van der Waals surface area contributed by atoms with E-state index < -0.39 is 5.41 Å². The highest BCUT2D eigenvalue weighted by Crippen LogP contribution is 2.39. The van der Waals surface area contributed by atoms with Crippen molar-refractivity contribution in [3.63, 3.8) is 0 Å². The number of allylic oxidation sites excluding steroid dienone is 2. The van der Waals surface area contributed by atoms with Gasteiger partial charge in [-0.3, -0.25) is 14.6 Å². The van der Waals surface area contributed by atoms with Crippen molar-refractivity contribution in [3.05, 3.63) is 66.5 Å². The summed E-state index contributed by atoms with van der Waals surface area (Å²) in [5.41, 5.74) is 2.85. The van der Waals surface area contributed by atoms with Gasteiger partial charge in [-0.2, -0.15) is 0 Å². The van der Waals surface area contributed by atoms with Crippen LogP contribution in [0.1, 0.15) is 37.7 Å². The summed E-state index contributed by atoms with van der Waals surface area (Å²) in [6.07, 6.45) is 12.8. The van der Waals surface area contributed by atoms with Crippen molar-refractivity contribution in [3.8, 4) is 11.1 Å². The lowest BCUT2D eigenvalue weighted by Gasteiger charge is -2.42. The fraction of sp³-hybridized carbons (Fsp3) is 0.444. The van der Waals surface area contributed by atoms with Crippen molar-refractivity contribution in [1.82, 2.24) is 14.8 Å². The molecule has 2 heterocycles. The number of amides is 2. The van der Waals surface area contributed by atoms with E-state index >= 15 is 0 Å². The Morgan fingerprint density at radius 1 is 1.12 bits per heavy atom. The van der Waals surface area contributed by atoms with Gasteiger partial charge in [0.25, 0.3) is 0 Å². The number of rotatable bonds is 6. The van der Waals surface area contributed by atoms with Gasteiger partial charge >= 0.3 is 0 Å². The molecule has 32 heavy (non-hydrogen) atoms. The van der Waals surface area contributed by atoms with Gasteiger partial charge in [-0.05, 0) is 55.2 Å². The lowest BCUT2D eigenvalue weighted by atomic mass is 9.71. The molecule has 2 aliphatic rings. The Morgan fingerprint density at radius 3 is 2.56 bits per heavy atom. The third kappa shape index (κ3) is 4.77. The van der Waals surface area contributed by atoms with E-state index in [0.29, 0.717) is 44.7 Å². The van der Waals surface area contributed by atoms with E-state index in [1.807, 2.05) is 43.4 Å². The molecule has 1 aromatic carbocycles. The van der Waals surface area contributed by atoms with Crippen LogP contribution in [-0.4, -0.2) is 53.8 Å². The molecule has 168 valence electrons. The summed E-state index contributed by atoms with van der Waals surface area (Å²) in [6.45, 7) is 1.29. The van der Waals surface area contributed by atoms with Crippen molar-refractivity contribution in [2.75, 3.05) is 27.2 Å². The molecule has 1 atom stereocenters. The van der Waals surface area contributed by atoms with Crippen molar-refractivity contribution < 1.29 is 9.59 Å². The van der Waals surface area contributed by atoms with E-state index in [-0.39, 0.29) is 11.8 Å². The minimum absolute atomic E-state index is 0.157. The predicted molar refractivity (Wildman–Crippen MR) is 127 cm³/mol. The Labute approximate surface area is 191 Å². The molecule has 5 heteroatoms. The number of benzene rings is 1. The average Bonchev–Trinajstić information content (AvgIpc) is 3.33. The van der Waals surface area contributed by atoms with Crippen LogP contribution in [-0.2, 0) is 16.0 Å². The maximum atomic E-state index is 13.4. The van der Waals surface area contributed by atoms with Crippen LogP contribution in [0, 0.1) is 11.3 Å². The number of pyridine rings is 1. The molecule has 0 N–H and O–H groups in total. The van der Waals surface area contributed by atoms with Gasteiger partial charge in [-0.15, -0.1) is 0 Å². The Morgan fingerprint density at radius 2 is 1.91 bits per heavy atom. The summed E-state index contributed by atoms with van der Waals surface area (Å²) in [5, 5.41) is 0. The van der Waals surface area contributed by atoms with Crippen LogP contribution in [0.3, 0.4) is 0 Å². The van der Waals surface area contributed by atoms with E-state index in [4.69, 9.17) is 0 Å². The second-order valence-electron chi connectivity index (χ2n) is 9.41. The van der Waals surface area contributed by atoms with Crippen LogP contribution in [0.2, 0.25) is 0 Å². The molecule has 0 unspecified atom stereocenters. The number of likely N-dealkylation sites (tertiary alicyclic amines) is 1. The predicted octanol–water partition coefficient (Wildman–Crippen LogP) is 4.34. The zero-order chi connectivity index (χ0) is 22.6. The first-order chi connectivity index (χ1) is 15.5. The molecule has 2 aromatic rings. The molecule has 1 aliphatic heterocycles. The molecule has 1 fully saturated rings. The minimum atomic E-state index is -0.494. The molecule has 4 rings (SSSR count). The fourth-order valence-electron chi connectivity index (χ4n) is 5.19. The summed E-state index contributed by atoms with van der Waals surface area (Å²) in [4.78, 5) is 34.2. The van der Waals surface area contributed by atoms with E-state index in [9.17, 15) is 9.59 Å². The number of aromatic nitrogens is 1. The summed E-state index contributed by atoms with van der Waals surface area (Å²) in [6, 6.07) is 12.3. The van der Waals surface area contributed by atoms with E-state index in [2.05, 4.69) is 35.3 Å². The number of piperidine rings is 1. The SMILES string of the molecule is CN(C)C(=O)C1(Cc2ccccc2-c2cccnc2)CCN(C(=O)C[C@H]2C=CCC2)CC1. The summed E-state index contributed by atoms with van der Waals surface area (Å²) < 4.78 is 0. The van der Waals surface area contributed by atoms with Crippen LogP contribution in [0.25, 0.3) is 11.1 Å². The van der Waals surface area contributed by atoms with Gasteiger partial charge in [0.1, 0.15) is 0 Å². The first-order valence-electron chi connectivity index (χ1n) is 11.6. The number of nitrogens with zero attached hydrogens (tertiary/aromatic N) is 3. The molecule has 0 saturated carbocycles. The molecule has 2 amide bonds. The number of hydrogen-bond donors (Lipinski definition) is 0. The summed E-state index contributed by atoms with van der Waals surface area (Å²) in [7, 11) is 3.67. The molecule has 5 nitrogen and oxygen atoms in total. The number of carbonyl (C=O) groups is 2. The third-order valence-electron chi connectivity index (χ3n) is 7.00. The van der Waals surface area contributed by atoms with E-state index in [1.54, 1.807) is 11.1 Å². The number of hydrogen-bond acceptors (Lipinski definition) is 3. The standard InChI is InChI=1S/C27H33N3O2/c1-29(2)26(32)27(13-16-30(17-14-27)25(31)18-21-8-3-4-9-21)19-22-10-5-6-12-24(22)23-11-7-15-28-20-23/h3,5-8,10-12,15,20-21H,4,9,13-14,16-19H2,1-2H3/t21-/m0/s1. The fourth-order valence-corrected chi connectivity index (χ4v) is 5.19. The van der Waals surface area contributed by atoms with Crippen LogP contribution < -0.4 is 0 Å². The van der Waals surface area contributed by atoms with Gasteiger partial charge in [0.15, 0.2) is 0 Å². The van der Waals surface area contributed by atoms with E-state index in [0.717, 1.165) is 29.5 Å². The largest absolute Gasteiger partial charge is 0.348 e. The van der Waals surface area contributed by atoms with Gasteiger partial charge in [0, 0.05) is 51.6 Å². The summed E-state index contributed by atoms with van der Waals surface area (Å²) >= 11 is 0. The van der Waals surface area contributed by atoms with Crippen molar-refractivity contribution in [1.29, 1.82) is 0 Å². The van der Waals surface area contributed by atoms with Crippen LogP contribution in [0.15, 0.2) is 60.9 Å². The monoisotopic (exact) mass is 431 g/mol. The Kier molecular flexibility index (Phi) is 6.73.